The van der Waals surface area contributed by atoms with E-state index in [0.29, 0.717) is 33.0 Å². The molecule has 1 aliphatic rings. The summed E-state index contributed by atoms with van der Waals surface area (Å²) < 4.78 is 2.25. The molecule has 1 saturated heterocycles. The maximum absolute atomic E-state index is 13.4. The summed E-state index contributed by atoms with van der Waals surface area (Å²) in [7, 11) is 0. The SMILES string of the molecule is CCN1CCN(C(=O)C(C#N)=c2sc(=Cc3ccc(Cl)cc3)c(=O)n2-c2ccccc2)CC1. The van der Waals surface area contributed by atoms with Gasteiger partial charge >= 0.3 is 0 Å². The number of amides is 1. The number of nitrogens with zero attached hydrogens (tertiary/aromatic N) is 4. The van der Waals surface area contributed by atoms with E-state index in [0.717, 1.165) is 36.5 Å². The maximum Gasteiger partial charge on any atom is 0.273 e. The normalized spacial score (nSPS) is 15.9. The zero-order chi connectivity index (χ0) is 23.4. The highest BCUT2D eigenvalue weighted by Gasteiger charge is 2.25. The number of nitriles is 1. The number of benzene rings is 2. The molecule has 1 aliphatic heterocycles. The Labute approximate surface area is 200 Å². The second-order valence-corrected chi connectivity index (χ2v) is 9.12. The van der Waals surface area contributed by atoms with E-state index in [-0.39, 0.29) is 17.0 Å². The van der Waals surface area contributed by atoms with Crippen molar-refractivity contribution in [2.75, 3.05) is 32.7 Å². The van der Waals surface area contributed by atoms with Crippen LogP contribution in [0.2, 0.25) is 5.02 Å². The molecule has 0 bridgehead atoms. The Morgan fingerprint density at radius 1 is 1.09 bits per heavy atom. The van der Waals surface area contributed by atoms with E-state index >= 15 is 0 Å². The number of rotatable bonds is 4. The number of thiazole rings is 1. The average molecular weight is 479 g/mol. The first-order valence-corrected chi connectivity index (χ1v) is 11.9. The van der Waals surface area contributed by atoms with Gasteiger partial charge < -0.3 is 9.80 Å². The van der Waals surface area contributed by atoms with Crippen molar-refractivity contribution in [2.45, 2.75) is 6.92 Å². The van der Waals surface area contributed by atoms with Gasteiger partial charge in [-0.3, -0.25) is 14.2 Å². The lowest BCUT2D eigenvalue weighted by Crippen LogP contribution is -2.49. The fraction of sp³-hybridized carbons (Fsp3) is 0.240. The van der Waals surface area contributed by atoms with Gasteiger partial charge in [-0.15, -0.1) is 11.3 Å². The molecule has 0 saturated carbocycles. The summed E-state index contributed by atoms with van der Waals surface area (Å²) in [5.74, 6) is -0.336. The molecule has 1 aromatic heterocycles. The Bertz CT molecular complexity index is 1360. The van der Waals surface area contributed by atoms with Gasteiger partial charge in [-0.05, 0) is 42.4 Å². The van der Waals surface area contributed by atoms with Gasteiger partial charge in [0.1, 0.15) is 10.7 Å². The van der Waals surface area contributed by atoms with E-state index in [4.69, 9.17) is 11.6 Å². The molecule has 4 rings (SSSR count). The minimum absolute atomic E-state index is 0.0124. The molecule has 3 aromatic rings. The monoisotopic (exact) mass is 478 g/mol. The second-order valence-electron chi connectivity index (χ2n) is 7.66. The fourth-order valence-corrected chi connectivity index (χ4v) is 5.01. The highest BCUT2D eigenvalue weighted by molar-refractivity contribution is 7.07. The third-order valence-electron chi connectivity index (χ3n) is 5.65. The molecule has 0 radical (unpaired) electrons. The number of hydrogen-bond donors (Lipinski definition) is 0. The minimum atomic E-state index is -0.336. The summed E-state index contributed by atoms with van der Waals surface area (Å²) in [6, 6.07) is 18.3. The topological polar surface area (TPSA) is 69.3 Å². The first-order chi connectivity index (χ1) is 16.0. The van der Waals surface area contributed by atoms with Crippen molar-refractivity contribution < 1.29 is 4.79 Å². The van der Waals surface area contributed by atoms with Crippen LogP contribution in [0.4, 0.5) is 0 Å². The molecule has 2 heterocycles. The number of likely N-dealkylation sites (N-methyl/N-ethyl adjacent to an activating group) is 1. The van der Waals surface area contributed by atoms with Crippen LogP contribution >= 0.6 is 22.9 Å². The van der Waals surface area contributed by atoms with E-state index in [1.165, 1.54) is 4.57 Å². The molecule has 8 heteroatoms. The lowest BCUT2D eigenvalue weighted by Gasteiger charge is -2.33. The van der Waals surface area contributed by atoms with Crippen LogP contribution < -0.4 is 14.8 Å². The molecule has 2 aromatic carbocycles. The molecule has 0 unspecified atom stereocenters. The zero-order valence-electron chi connectivity index (χ0n) is 18.2. The Morgan fingerprint density at radius 2 is 1.76 bits per heavy atom. The number of carbonyl (C=O) groups excluding carboxylic acids is 1. The Hall–Kier alpha value is -3.18. The van der Waals surface area contributed by atoms with E-state index < -0.39 is 0 Å². The summed E-state index contributed by atoms with van der Waals surface area (Å²) in [6.45, 7) is 5.68. The minimum Gasteiger partial charge on any atom is -0.335 e. The van der Waals surface area contributed by atoms with Gasteiger partial charge in [-0.25, -0.2) is 0 Å². The summed E-state index contributed by atoms with van der Waals surface area (Å²) in [5.41, 5.74) is 1.14. The molecular formula is C25H23ClN4O2S. The molecule has 1 fully saturated rings. The molecule has 168 valence electrons. The second kappa shape index (κ2) is 10.2. The zero-order valence-corrected chi connectivity index (χ0v) is 19.8. The van der Waals surface area contributed by atoms with Crippen molar-refractivity contribution >= 4 is 40.5 Å². The predicted octanol–water partition coefficient (Wildman–Crippen LogP) is 2.22. The van der Waals surface area contributed by atoms with Gasteiger partial charge in [0.15, 0.2) is 5.57 Å². The maximum atomic E-state index is 13.4. The first-order valence-electron chi connectivity index (χ1n) is 10.7. The standard InChI is InChI=1S/C25H23ClN4O2S/c1-2-28-12-14-29(15-13-28)23(31)21(17-27)25-30(20-6-4-3-5-7-20)24(32)22(33-25)16-18-8-10-19(26)11-9-18/h3-11,16H,2,12-15H2,1H3. The van der Waals surface area contributed by atoms with Crippen molar-refractivity contribution in [3.63, 3.8) is 0 Å². The number of halogens is 1. The molecule has 0 aliphatic carbocycles. The van der Waals surface area contributed by atoms with Crippen LogP contribution in [0.15, 0.2) is 59.4 Å². The number of para-hydroxylation sites is 1. The van der Waals surface area contributed by atoms with Crippen LogP contribution in [0.5, 0.6) is 0 Å². The van der Waals surface area contributed by atoms with Gasteiger partial charge in [-0.1, -0.05) is 48.9 Å². The van der Waals surface area contributed by atoms with E-state index in [1.807, 2.05) is 30.3 Å². The average Bonchev–Trinajstić information content (AvgIpc) is 3.16. The summed E-state index contributed by atoms with van der Waals surface area (Å²) in [4.78, 5) is 30.7. The van der Waals surface area contributed by atoms with Crippen molar-refractivity contribution in [3.05, 3.63) is 84.7 Å². The predicted molar refractivity (Wildman–Crippen MR) is 132 cm³/mol. The summed E-state index contributed by atoms with van der Waals surface area (Å²) in [5, 5.41) is 10.6. The molecule has 0 atom stereocenters. The lowest BCUT2D eigenvalue weighted by atomic mass is 10.2. The third kappa shape index (κ3) is 4.93. The van der Waals surface area contributed by atoms with Gasteiger partial charge in [0.2, 0.25) is 0 Å². The Balaban J connectivity index is 1.89. The highest BCUT2D eigenvalue weighted by atomic mass is 35.5. The van der Waals surface area contributed by atoms with E-state index in [2.05, 4.69) is 17.9 Å². The number of aromatic nitrogens is 1. The fourth-order valence-electron chi connectivity index (χ4n) is 3.78. The van der Waals surface area contributed by atoms with Crippen LogP contribution in [-0.2, 0) is 4.79 Å². The molecular weight excluding hydrogens is 456 g/mol. The van der Waals surface area contributed by atoms with Gasteiger partial charge in [0, 0.05) is 31.2 Å². The molecule has 0 spiro atoms. The van der Waals surface area contributed by atoms with Crippen molar-refractivity contribution in [2.24, 2.45) is 0 Å². The third-order valence-corrected chi connectivity index (χ3v) is 7.00. The highest BCUT2D eigenvalue weighted by Crippen LogP contribution is 2.11. The van der Waals surface area contributed by atoms with Crippen LogP contribution in [0.1, 0.15) is 12.5 Å². The number of carbonyl (C=O) groups is 1. The molecule has 33 heavy (non-hydrogen) atoms. The van der Waals surface area contributed by atoms with Crippen molar-refractivity contribution in [1.82, 2.24) is 14.4 Å². The smallest absolute Gasteiger partial charge is 0.273 e. The Kier molecular flexibility index (Phi) is 7.09. The lowest BCUT2D eigenvalue weighted by molar-refractivity contribution is -0.126. The van der Waals surface area contributed by atoms with Gasteiger partial charge in [0.05, 0.1) is 10.2 Å². The van der Waals surface area contributed by atoms with Crippen molar-refractivity contribution in [3.8, 4) is 11.8 Å². The summed E-state index contributed by atoms with van der Waals surface area (Å²) >= 11 is 7.14. The van der Waals surface area contributed by atoms with Gasteiger partial charge in [0.25, 0.3) is 11.5 Å². The van der Waals surface area contributed by atoms with Crippen LogP contribution in [-0.4, -0.2) is 53.0 Å². The van der Waals surface area contributed by atoms with Gasteiger partial charge in [-0.2, -0.15) is 5.26 Å². The molecule has 0 N–H and O–H groups in total. The van der Waals surface area contributed by atoms with Crippen LogP contribution in [0.25, 0.3) is 17.3 Å². The largest absolute Gasteiger partial charge is 0.335 e. The van der Waals surface area contributed by atoms with Crippen LogP contribution in [0.3, 0.4) is 0 Å². The van der Waals surface area contributed by atoms with E-state index in [1.54, 1.807) is 35.2 Å². The van der Waals surface area contributed by atoms with E-state index in [9.17, 15) is 14.9 Å². The molecule has 6 nitrogen and oxygen atoms in total. The summed E-state index contributed by atoms with van der Waals surface area (Å²) in [6.07, 6.45) is 1.76. The first kappa shape index (κ1) is 23.0. The number of piperazine rings is 1. The van der Waals surface area contributed by atoms with Crippen molar-refractivity contribution in [1.29, 1.82) is 5.26 Å². The molecule has 1 amide bonds. The van der Waals surface area contributed by atoms with Crippen LogP contribution in [0, 0.1) is 11.3 Å². The Morgan fingerprint density at radius 3 is 2.36 bits per heavy atom. The number of hydrogen-bond acceptors (Lipinski definition) is 5. The quantitative estimate of drug-likeness (QED) is 0.576.